The second-order valence-electron chi connectivity index (χ2n) is 6.50. The standard InChI is InChI=1S/C22H21NO2/c24-22(23-19-13-12-16-6-1-2-8-18(16)14-19)15-25-21-11-5-9-17-7-3-4-10-20(17)21/h1-2,5-6,8-9,11-14H,3-4,7,10,15H2,(H,23,24). The SMILES string of the molecule is O=C(COc1cccc2c1CCCC2)Nc1ccc2ccccc2c1. The summed E-state index contributed by atoms with van der Waals surface area (Å²) in [5, 5.41) is 5.19. The molecule has 0 saturated heterocycles. The van der Waals surface area contributed by atoms with E-state index >= 15 is 0 Å². The molecule has 3 aromatic rings. The fourth-order valence-corrected chi connectivity index (χ4v) is 3.49. The second-order valence-corrected chi connectivity index (χ2v) is 6.50. The van der Waals surface area contributed by atoms with Gasteiger partial charge in [0.25, 0.3) is 5.91 Å². The van der Waals surface area contributed by atoms with Crippen molar-refractivity contribution >= 4 is 22.4 Å². The monoisotopic (exact) mass is 331 g/mol. The molecule has 0 saturated carbocycles. The zero-order valence-electron chi connectivity index (χ0n) is 14.1. The summed E-state index contributed by atoms with van der Waals surface area (Å²) in [7, 11) is 0. The maximum Gasteiger partial charge on any atom is 0.262 e. The first kappa shape index (κ1) is 15.7. The van der Waals surface area contributed by atoms with Crippen molar-refractivity contribution in [3.63, 3.8) is 0 Å². The number of anilines is 1. The maximum absolute atomic E-state index is 12.3. The van der Waals surface area contributed by atoms with Crippen molar-refractivity contribution in [1.29, 1.82) is 0 Å². The Labute approximate surface area is 147 Å². The smallest absolute Gasteiger partial charge is 0.262 e. The minimum absolute atomic E-state index is 0.0310. The number of nitrogens with one attached hydrogen (secondary N) is 1. The summed E-state index contributed by atoms with van der Waals surface area (Å²) in [5.74, 6) is 0.717. The molecular weight excluding hydrogens is 310 g/mol. The van der Waals surface area contributed by atoms with E-state index in [-0.39, 0.29) is 12.5 Å². The highest BCUT2D eigenvalue weighted by Gasteiger charge is 2.14. The van der Waals surface area contributed by atoms with Crippen LogP contribution in [0.15, 0.2) is 60.7 Å². The molecule has 0 fully saturated rings. The van der Waals surface area contributed by atoms with Crippen LogP contribution in [0.3, 0.4) is 0 Å². The van der Waals surface area contributed by atoms with Crippen LogP contribution in [0, 0.1) is 0 Å². The third-order valence-corrected chi connectivity index (χ3v) is 4.74. The van der Waals surface area contributed by atoms with E-state index in [1.165, 1.54) is 24.0 Å². The fraction of sp³-hybridized carbons (Fsp3) is 0.227. The van der Waals surface area contributed by atoms with Crippen molar-refractivity contribution in [2.45, 2.75) is 25.7 Å². The van der Waals surface area contributed by atoms with E-state index in [1.807, 2.05) is 48.5 Å². The summed E-state index contributed by atoms with van der Waals surface area (Å²) in [6.45, 7) is 0.0310. The molecule has 1 aliphatic carbocycles. The van der Waals surface area contributed by atoms with E-state index in [2.05, 4.69) is 17.4 Å². The van der Waals surface area contributed by atoms with Gasteiger partial charge in [-0.15, -0.1) is 0 Å². The molecule has 4 rings (SSSR count). The molecular formula is C22H21NO2. The average Bonchev–Trinajstić information content (AvgIpc) is 2.66. The summed E-state index contributed by atoms with van der Waals surface area (Å²) in [5.41, 5.74) is 3.42. The minimum Gasteiger partial charge on any atom is -0.483 e. The van der Waals surface area contributed by atoms with Crippen molar-refractivity contribution in [2.75, 3.05) is 11.9 Å². The van der Waals surface area contributed by atoms with E-state index < -0.39 is 0 Å². The lowest BCUT2D eigenvalue weighted by Crippen LogP contribution is -2.21. The molecule has 3 aromatic carbocycles. The van der Waals surface area contributed by atoms with Crippen LogP contribution >= 0.6 is 0 Å². The van der Waals surface area contributed by atoms with Crippen LogP contribution in [0.4, 0.5) is 5.69 Å². The highest BCUT2D eigenvalue weighted by atomic mass is 16.5. The number of ether oxygens (including phenoxy) is 1. The van der Waals surface area contributed by atoms with Gasteiger partial charge < -0.3 is 10.1 Å². The highest BCUT2D eigenvalue weighted by molar-refractivity contribution is 5.95. The molecule has 3 heteroatoms. The Balaban J connectivity index is 1.42. The maximum atomic E-state index is 12.3. The summed E-state index contributed by atoms with van der Waals surface area (Å²) < 4.78 is 5.81. The van der Waals surface area contributed by atoms with Gasteiger partial charge in [-0.25, -0.2) is 0 Å². The quantitative estimate of drug-likeness (QED) is 0.750. The molecule has 0 aromatic heterocycles. The average molecular weight is 331 g/mol. The van der Waals surface area contributed by atoms with Gasteiger partial charge in [0.2, 0.25) is 0 Å². The Kier molecular flexibility index (Phi) is 4.38. The predicted molar refractivity (Wildman–Crippen MR) is 101 cm³/mol. The van der Waals surface area contributed by atoms with Crippen molar-refractivity contribution in [1.82, 2.24) is 0 Å². The molecule has 1 amide bonds. The fourth-order valence-electron chi connectivity index (χ4n) is 3.49. The van der Waals surface area contributed by atoms with Gasteiger partial charge in [0, 0.05) is 5.69 Å². The number of carbonyl (C=O) groups is 1. The summed E-state index contributed by atoms with van der Waals surface area (Å²) in [6, 6.07) is 20.2. The van der Waals surface area contributed by atoms with Crippen LogP contribution in [-0.2, 0) is 17.6 Å². The highest BCUT2D eigenvalue weighted by Crippen LogP contribution is 2.29. The number of amides is 1. The third-order valence-electron chi connectivity index (χ3n) is 4.74. The lowest BCUT2D eigenvalue weighted by Gasteiger charge is -2.19. The number of fused-ring (bicyclic) bond motifs is 2. The molecule has 0 unspecified atom stereocenters. The number of hydrogen-bond acceptors (Lipinski definition) is 2. The molecule has 1 aliphatic rings. The molecule has 0 atom stereocenters. The number of hydrogen-bond donors (Lipinski definition) is 1. The van der Waals surface area contributed by atoms with E-state index in [0.717, 1.165) is 35.1 Å². The lowest BCUT2D eigenvalue weighted by atomic mass is 9.91. The topological polar surface area (TPSA) is 38.3 Å². The Bertz CT molecular complexity index is 917. The first-order valence-corrected chi connectivity index (χ1v) is 8.82. The zero-order valence-corrected chi connectivity index (χ0v) is 14.1. The molecule has 25 heavy (non-hydrogen) atoms. The van der Waals surface area contributed by atoms with Crippen molar-refractivity contribution in [3.8, 4) is 5.75 Å². The Morgan fingerprint density at radius 3 is 2.68 bits per heavy atom. The van der Waals surface area contributed by atoms with Crippen LogP contribution in [0.25, 0.3) is 10.8 Å². The van der Waals surface area contributed by atoms with Gasteiger partial charge in [0.05, 0.1) is 0 Å². The summed E-state index contributed by atoms with van der Waals surface area (Å²) in [4.78, 5) is 12.3. The molecule has 0 spiro atoms. The predicted octanol–water partition coefficient (Wildman–Crippen LogP) is 4.74. The van der Waals surface area contributed by atoms with Gasteiger partial charge in [-0.1, -0.05) is 42.5 Å². The summed E-state index contributed by atoms with van der Waals surface area (Å²) >= 11 is 0. The minimum atomic E-state index is -0.135. The van der Waals surface area contributed by atoms with Gasteiger partial charge in [0.15, 0.2) is 6.61 Å². The van der Waals surface area contributed by atoms with Crippen LogP contribution in [0.2, 0.25) is 0 Å². The van der Waals surface area contributed by atoms with Crippen molar-refractivity contribution < 1.29 is 9.53 Å². The van der Waals surface area contributed by atoms with E-state index in [4.69, 9.17) is 4.74 Å². The van der Waals surface area contributed by atoms with Crippen molar-refractivity contribution in [3.05, 3.63) is 71.8 Å². The van der Waals surface area contributed by atoms with Crippen LogP contribution in [0.5, 0.6) is 5.75 Å². The number of aryl methyl sites for hydroxylation is 1. The molecule has 0 radical (unpaired) electrons. The van der Waals surface area contributed by atoms with Crippen LogP contribution < -0.4 is 10.1 Å². The van der Waals surface area contributed by atoms with Gasteiger partial charge in [-0.2, -0.15) is 0 Å². The largest absolute Gasteiger partial charge is 0.483 e. The van der Waals surface area contributed by atoms with Gasteiger partial charge in [0.1, 0.15) is 5.75 Å². The molecule has 0 bridgehead atoms. The van der Waals surface area contributed by atoms with E-state index in [0.29, 0.717) is 0 Å². The number of benzene rings is 3. The Morgan fingerprint density at radius 1 is 0.920 bits per heavy atom. The normalized spacial score (nSPS) is 13.3. The molecule has 1 N–H and O–H groups in total. The third kappa shape index (κ3) is 3.50. The van der Waals surface area contributed by atoms with E-state index in [1.54, 1.807) is 0 Å². The van der Waals surface area contributed by atoms with Gasteiger partial charge in [-0.3, -0.25) is 4.79 Å². The Morgan fingerprint density at radius 2 is 1.76 bits per heavy atom. The van der Waals surface area contributed by atoms with E-state index in [9.17, 15) is 4.79 Å². The lowest BCUT2D eigenvalue weighted by molar-refractivity contribution is -0.118. The second kappa shape index (κ2) is 6.98. The first-order chi connectivity index (χ1) is 12.3. The number of carbonyl (C=O) groups excluding carboxylic acids is 1. The van der Waals surface area contributed by atoms with Crippen LogP contribution in [0.1, 0.15) is 24.0 Å². The molecule has 3 nitrogen and oxygen atoms in total. The Hall–Kier alpha value is -2.81. The number of rotatable bonds is 4. The molecule has 126 valence electrons. The molecule has 0 heterocycles. The molecule has 0 aliphatic heterocycles. The first-order valence-electron chi connectivity index (χ1n) is 8.82. The van der Waals surface area contributed by atoms with Gasteiger partial charge in [-0.05, 0) is 65.8 Å². The van der Waals surface area contributed by atoms with Crippen LogP contribution in [-0.4, -0.2) is 12.5 Å². The zero-order chi connectivity index (χ0) is 17.1. The van der Waals surface area contributed by atoms with Gasteiger partial charge >= 0.3 is 0 Å². The van der Waals surface area contributed by atoms with Crippen molar-refractivity contribution in [2.24, 2.45) is 0 Å². The summed E-state index contributed by atoms with van der Waals surface area (Å²) in [6.07, 6.45) is 4.57.